The van der Waals surface area contributed by atoms with Gasteiger partial charge in [0.25, 0.3) is 0 Å². The molecule has 0 amide bonds. The van der Waals surface area contributed by atoms with Crippen LogP contribution in [0.5, 0.6) is 0 Å². The van der Waals surface area contributed by atoms with Crippen molar-refractivity contribution < 1.29 is 73.7 Å². The Morgan fingerprint density at radius 2 is 1.70 bits per heavy atom. The summed E-state index contributed by atoms with van der Waals surface area (Å²) in [6.45, 7) is 0. The zero-order valence-electron chi connectivity index (χ0n) is 5.70. The van der Waals surface area contributed by atoms with Gasteiger partial charge < -0.3 is 17.4 Å². The van der Waals surface area contributed by atoms with Crippen LogP contribution in [0, 0.1) is 0 Å². The molecule has 0 spiro atoms. The van der Waals surface area contributed by atoms with Crippen LogP contribution >= 0.6 is 0 Å². The molecule has 0 heterocycles. The Morgan fingerprint density at radius 3 is 2.00 bits per heavy atom. The maximum absolute atomic E-state index is 10.5. The molecule has 1 rings (SSSR count). The molecule has 0 saturated heterocycles. The number of rotatable bonds is 1. The van der Waals surface area contributed by atoms with E-state index in [1.807, 2.05) is 6.07 Å². The second kappa shape index (κ2) is 5.77. The van der Waals surface area contributed by atoms with E-state index in [4.69, 9.17) is 0 Å². The predicted molar refractivity (Wildman–Crippen MR) is 38.1 cm³/mol. The molecule has 0 aliphatic carbocycles. The largest absolute Gasteiger partial charge is 1.00 e. The van der Waals surface area contributed by atoms with Crippen molar-refractivity contribution in [3.05, 3.63) is 35.9 Å². The van der Waals surface area contributed by atoms with Crippen LogP contribution in [0.25, 0.3) is 0 Å². The summed E-state index contributed by atoms with van der Waals surface area (Å²) in [7, 11) is 0. The smallest absolute Gasteiger partial charge is 0.737 e. The van der Waals surface area contributed by atoms with E-state index in [9.17, 15) is 4.79 Å². The zero-order valence-corrected chi connectivity index (χ0v) is 12.8. The van der Waals surface area contributed by atoms with Crippen LogP contribution in [0.3, 0.4) is 0 Å². The second-order valence-electron chi connectivity index (χ2n) is 1.65. The van der Waals surface area contributed by atoms with Gasteiger partial charge in [0.05, 0.1) is 0 Å². The average molecular weight is 270 g/mol. The van der Waals surface area contributed by atoms with Gasteiger partial charge in [-0.25, -0.2) is 0 Å². The minimum atomic E-state index is -0.296. The Hall–Kier alpha value is 1.16. The van der Waals surface area contributed by atoms with Crippen LogP contribution in [-0.4, -0.2) is 5.12 Å². The van der Waals surface area contributed by atoms with Crippen molar-refractivity contribution in [2.45, 2.75) is 0 Å². The normalized spacial score (nSPS) is 8.00. The van der Waals surface area contributed by atoms with Gasteiger partial charge >= 0.3 is 68.9 Å². The standard InChI is InChI=1S/C7H6OS.Cs/c8-7(9)6-4-2-1-3-5-6;/h1-5H,(H,8,9);/q;+1/p-1. The van der Waals surface area contributed by atoms with Gasteiger partial charge in [-0.15, -0.1) is 0 Å². The van der Waals surface area contributed by atoms with Gasteiger partial charge in [0.1, 0.15) is 0 Å². The van der Waals surface area contributed by atoms with Crippen LogP contribution in [0.1, 0.15) is 10.4 Å². The van der Waals surface area contributed by atoms with Crippen LogP contribution in [0.2, 0.25) is 0 Å². The number of hydrogen-bond donors (Lipinski definition) is 0. The van der Waals surface area contributed by atoms with Gasteiger partial charge in [-0.1, -0.05) is 30.3 Å². The Balaban J connectivity index is 0.000000810. The molecule has 3 heteroatoms. The average Bonchev–Trinajstić information content (AvgIpc) is 1.90. The fraction of sp³-hybridized carbons (Fsp3) is 0. The van der Waals surface area contributed by atoms with E-state index in [2.05, 4.69) is 12.6 Å². The van der Waals surface area contributed by atoms with Gasteiger partial charge in [0.15, 0.2) is 0 Å². The molecule has 0 N–H and O–H groups in total. The third-order valence-electron chi connectivity index (χ3n) is 1.01. The molecule has 1 nitrogen and oxygen atoms in total. The molecule has 0 bridgehead atoms. The number of benzene rings is 1. The Labute approximate surface area is 124 Å². The molecule has 1 aromatic rings. The van der Waals surface area contributed by atoms with Crippen LogP contribution in [-0.2, 0) is 12.6 Å². The Morgan fingerprint density at radius 1 is 1.20 bits per heavy atom. The molecule has 0 atom stereocenters. The van der Waals surface area contributed by atoms with Gasteiger partial charge in [-0.05, 0) is 5.56 Å². The topological polar surface area (TPSA) is 17.1 Å². The molecule has 0 saturated carbocycles. The molecule has 1 aromatic carbocycles. The van der Waals surface area contributed by atoms with E-state index < -0.39 is 0 Å². The molecule has 0 fully saturated rings. The van der Waals surface area contributed by atoms with E-state index in [1.165, 1.54) is 0 Å². The summed E-state index contributed by atoms with van der Waals surface area (Å²) in [6, 6.07) is 8.84. The summed E-state index contributed by atoms with van der Waals surface area (Å²) >= 11 is 4.41. The molecule has 0 aliphatic rings. The van der Waals surface area contributed by atoms with Crippen LogP contribution in [0.15, 0.2) is 30.3 Å². The van der Waals surface area contributed by atoms with Crippen molar-refractivity contribution in [2.24, 2.45) is 0 Å². The molecule has 0 aliphatic heterocycles. The molecule has 0 aromatic heterocycles. The van der Waals surface area contributed by atoms with E-state index in [0.29, 0.717) is 5.56 Å². The summed E-state index contributed by atoms with van der Waals surface area (Å²) in [5, 5.41) is -0.296. The first kappa shape index (κ1) is 11.2. The molecular weight excluding hydrogens is 265 g/mol. The van der Waals surface area contributed by atoms with E-state index in [-0.39, 0.29) is 74.0 Å². The fourth-order valence-corrected chi connectivity index (χ4v) is 0.710. The monoisotopic (exact) mass is 270 g/mol. The fourth-order valence-electron chi connectivity index (χ4n) is 0.574. The third kappa shape index (κ3) is 3.52. The second-order valence-corrected chi connectivity index (χ2v) is 2.02. The van der Waals surface area contributed by atoms with Crippen molar-refractivity contribution in [1.29, 1.82) is 0 Å². The predicted octanol–water partition coefficient (Wildman–Crippen LogP) is -1.62. The van der Waals surface area contributed by atoms with Gasteiger partial charge in [-0.2, -0.15) is 0 Å². The maximum Gasteiger partial charge on any atom is 1.00 e. The van der Waals surface area contributed by atoms with Gasteiger partial charge in [-0.3, -0.25) is 0 Å². The van der Waals surface area contributed by atoms with E-state index >= 15 is 0 Å². The quantitative estimate of drug-likeness (QED) is 0.570. The van der Waals surface area contributed by atoms with Crippen molar-refractivity contribution in [3.63, 3.8) is 0 Å². The molecular formula is C7H5CsOS. The first-order valence-corrected chi connectivity index (χ1v) is 2.98. The number of carbonyl (C=O) groups excluding carboxylic acids is 1. The number of carbonyl (C=O) groups is 1. The Kier molecular flexibility index (Phi) is 6.44. The molecule has 10 heavy (non-hydrogen) atoms. The van der Waals surface area contributed by atoms with Crippen molar-refractivity contribution in [2.75, 3.05) is 0 Å². The SMILES string of the molecule is O=C([S-])c1ccccc1.[Cs+]. The van der Waals surface area contributed by atoms with E-state index in [0.717, 1.165) is 0 Å². The third-order valence-corrected chi connectivity index (χ3v) is 1.25. The Bertz CT molecular complexity index is 210. The summed E-state index contributed by atoms with van der Waals surface area (Å²) in [4.78, 5) is 10.5. The minimum Gasteiger partial charge on any atom is -0.737 e. The summed E-state index contributed by atoms with van der Waals surface area (Å²) in [6.07, 6.45) is 0. The van der Waals surface area contributed by atoms with Crippen molar-refractivity contribution >= 4 is 17.7 Å². The zero-order chi connectivity index (χ0) is 6.69. The maximum atomic E-state index is 10.5. The van der Waals surface area contributed by atoms with Crippen molar-refractivity contribution in [3.8, 4) is 0 Å². The minimum absolute atomic E-state index is 0. The van der Waals surface area contributed by atoms with Gasteiger partial charge in [0.2, 0.25) is 0 Å². The van der Waals surface area contributed by atoms with E-state index in [1.54, 1.807) is 24.3 Å². The van der Waals surface area contributed by atoms with Crippen molar-refractivity contribution in [1.82, 2.24) is 0 Å². The summed E-state index contributed by atoms with van der Waals surface area (Å²) in [5.74, 6) is 0. The molecule has 0 radical (unpaired) electrons. The van der Waals surface area contributed by atoms with Crippen LogP contribution in [0.4, 0.5) is 0 Å². The van der Waals surface area contributed by atoms with Crippen LogP contribution < -0.4 is 68.9 Å². The first-order chi connectivity index (χ1) is 4.30. The summed E-state index contributed by atoms with van der Waals surface area (Å²) in [5.41, 5.74) is 0.590. The number of hydrogen-bond acceptors (Lipinski definition) is 2. The molecule has 0 unspecified atom stereocenters. The summed E-state index contributed by atoms with van der Waals surface area (Å²) < 4.78 is 0. The molecule has 46 valence electrons. The van der Waals surface area contributed by atoms with Gasteiger partial charge in [0, 0.05) is 5.12 Å². The first-order valence-electron chi connectivity index (χ1n) is 2.57.